The molecule has 120 valence electrons. The first-order valence-corrected chi connectivity index (χ1v) is 7.08. The highest BCUT2D eigenvalue weighted by Crippen LogP contribution is 2.35. The minimum atomic E-state index is -0.714. The van der Waals surface area contributed by atoms with Crippen molar-refractivity contribution in [3.63, 3.8) is 0 Å². The summed E-state index contributed by atoms with van der Waals surface area (Å²) in [5, 5.41) is 2.23. The number of ether oxygens (including phenoxy) is 1. The van der Waals surface area contributed by atoms with Gasteiger partial charge in [0.05, 0.1) is 18.2 Å². The summed E-state index contributed by atoms with van der Waals surface area (Å²) < 4.78 is 5.20. The molecule has 1 fully saturated rings. The van der Waals surface area contributed by atoms with Gasteiger partial charge in [-0.1, -0.05) is 6.07 Å². The van der Waals surface area contributed by atoms with E-state index in [2.05, 4.69) is 5.32 Å². The van der Waals surface area contributed by atoms with E-state index in [1.165, 1.54) is 18.1 Å². The summed E-state index contributed by atoms with van der Waals surface area (Å²) in [6.07, 6.45) is 0.454. The predicted molar refractivity (Wildman–Crippen MR) is 77.6 cm³/mol. The standard InChI is InChI=1S/C15H15N3O5/c1-23-12-8(13(16)20)3-2-7-6-18(15(22)11(7)12)9-4-5-10(19)17-14(9)21/h2-3,9H,4-6H2,1H3,(H2,16,20)(H,17,19,21). The molecule has 3 rings (SSSR count). The van der Waals surface area contributed by atoms with Crippen LogP contribution in [0.3, 0.4) is 0 Å². The molecule has 0 spiro atoms. The van der Waals surface area contributed by atoms with Crippen LogP contribution < -0.4 is 15.8 Å². The minimum absolute atomic E-state index is 0.115. The molecule has 1 aromatic carbocycles. The Balaban J connectivity index is 1.98. The molecule has 2 heterocycles. The van der Waals surface area contributed by atoms with Crippen molar-refractivity contribution < 1.29 is 23.9 Å². The van der Waals surface area contributed by atoms with Gasteiger partial charge in [-0.25, -0.2) is 0 Å². The Morgan fingerprint density at radius 1 is 1.35 bits per heavy atom. The first kappa shape index (κ1) is 15.0. The Bertz CT molecular complexity index is 743. The van der Waals surface area contributed by atoms with Crippen molar-refractivity contribution >= 4 is 23.6 Å². The Hall–Kier alpha value is -2.90. The van der Waals surface area contributed by atoms with E-state index in [0.29, 0.717) is 5.56 Å². The third kappa shape index (κ3) is 2.32. The first-order valence-electron chi connectivity index (χ1n) is 7.08. The molecular weight excluding hydrogens is 302 g/mol. The van der Waals surface area contributed by atoms with E-state index in [1.54, 1.807) is 6.07 Å². The van der Waals surface area contributed by atoms with Gasteiger partial charge < -0.3 is 15.4 Å². The number of nitrogens with zero attached hydrogens (tertiary/aromatic N) is 1. The van der Waals surface area contributed by atoms with Gasteiger partial charge in [-0.15, -0.1) is 0 Å². The second-order valence-electron chi connectivity index (χ2n) is 5.44. The molecule has 0 saturated carbocycles. The minimum Gasteiger partial charge on any atom is -0.495 e. The molecule has 0 aliphatic carbocycles. The van der Waals surface area contributed by atoms with Crippen LogP contribution in [-0.2, 0) is 16.1 Å². The zero-order chi connectivity index (χ0) is 16.7. The third-order valence-electron chi connectivity index (χ3n) is 4.12. The van der Waals surface area contributed by atoms with Gasteiger partial charge in [0.2, 0.25) is 11.8 Å². The van der Waals surface area contributed by atoms with Gasteiger partial charge in [-0.3, -0.25) is 24.5 Å². The summed E-state index contributed by atoms with van der Waals surface area (Å²) in [5.41, 5.74) is 6.31. The molecule has 4 amide bonds. The lowest BCUT2D eigenvalue weighted by Gasteiger charge is -2.29. The number of hydrogen-bond donors (Lipinski definition) is 2. The Morgan fingerprint density at radius 2 is 2.09 bits per heavy atom. The van der Waals surface area contributed by atoms with Gasteiger partial charge in [0.25, 0.3) is 11.8 Å². The van der Waals surface area contributed by atoms with Gasteiger partial charge in [-0.2, -0.15) is 0 Å². The maximum atomic E-state index is 12.7. The van der Waals surface area contributed by atoms with Crippen LogP contribution in [0.2, 0.25) is 0 Å². The molecule has 1 saturated heterocycles. The van der Waals surface area contributed by atoms with E-state index >= 15 is 0 Å². The fourth-order valence-corrected chi connectivity index (χ4v) is 3.03. The molecular formula is C15H15N3O5. The largest absolute Gasteiger partial charge is 0.495 e. The summed E-state index contributed by atoms with van der Waals surface area (Å²) in [7, 11) is 1.35. The smallest absolute Gasteiger partial charge is 0.258 e. The van der Waals surface area contributed by atoms with Crippen LogP contribution >= 0.6 is 0 Å². The molecule has 1 unspecified atom stereocenters. The molecule has 8 nitrogen and oxygen atoms in total. The number of carbonyl (C=O) groups is 4. The van der Waals surface area contributed by atoms with Crippen molar-refractivity contribution in [1.29, 1.82) is 0 Å². The zero-order valence-corrected chi connectivity index (χ0v) is 12.4. The van der Waals surface area contributed by atoms with Gasteiger partial charge >= 0.3 is 0 Å². The van der Waals surface area contributed by atoms with Crippen molar-refractivity contribution in [2.24, 2.45) is 5.73 Å². The molecule has 0 radical (unpaired) electrons. The Morgan fingerprint density at radius 3 is 2.70 bits per heavy atom. The van der Waals surface area contributed by atoms with E-state index in [4.69, 9.17) is 10.5 Å². The van der Waals surface area contributed by atoms with Gasteiger partial charge in [0.1, 0.15) is 11.8 Å². The number of nitrogens with one attached hydrogen (secondary N) is 1. The van der Waals surface area contributed by atoms with E-state index < -0.39 is 23.8 Å². The number of piperidine rings is 1. The number of carbonyl (C=O) groups excluding carboxylic acids is 4. The molecule has 1 atom stereocenters. The summed E-state index contributed by atoms with van der Waals surface area (Å²) in [6.45, 7) is 0.218. The summed E-state index contributed by atoms with van der Waals surface area (Å²) in [6, 6.07) is 2.41. The molecule has 8 heteroatoms. The molecule has 2 aliphatic heterocycles. The number of nitrogens with two attached hydrogens (primary N) is 1. The summed E-state index contributed by atoms with van der Waals surface area (Å²) in [4.78, 5) is 48.8. The topological polar surface area (TPSA) is 119 Å². The first-order chi connectivity index (χ1) is 10.9. The van der Waals surface area contributed by atoms with Crippen LogP contribution in [0.25, 0.3) is 0 Å². The van der Waals surface area contributed by atoms with Crippen LogP contribution in [0.4, 0.5) is 0 Å². The average Bonchev–Trinajstić information content (AvgIpc) is 2.83. The summed E-state index contributed by atoms with van der Waals surface area (Å²) in [5.74, 6) is -1.82. The van der Waals surface area contributed by atoms with Crippen LogP contribution in [-0.4, -0.2) is 41.7 Å². The highest BCUT2D eigenvalue weighted by atomic mass is 16.5. The second-order valence-corrected chi connectivity index (χ2v) is 5.44. The predicted octanol–water partition coefficient (Wildman–Crippen LogP) is -0.445. The fraction of sp³-hybridized carbons (Fsp3) is 0.333. The van der Waals surface area contributed by atoms with Gasteiger partial charge in [0, 0.05) is 13.0 Å². The average molecular weight is 317 g/mol. The monoisotopic (exact) mass is 317 g/mol. The maximum Gasteiger partial charge on any atom is 0.258 e. The van der Waals surface area contributed by atoms with E-state index in [1.807, 2.05) is 0 Å². The van der Waals surface area contributed by atoms with E-state index in [9.17, 15) is 19.2 Å². The number of amides is 4. The lowest BCUT2D eigenvalue weighted by atomic mass is 10.0. The van der Waals surface area contributed by atoms with E-state index in [0.717, 1.165) is 0 Å². The number of rotatable bonds is 3. The SMILES string of the molecule is COc1c(C(N)=O)ccc2c1C(=O)N(C1CCC(=O)NC1=O)C2. The van der Waals surface area contributed by atoms with Crippen molar-refractivity contribution in [3.8, 4) is 5.75 Å². The number of fused-ring (bicyclic) bond motifs is 1. The number of imide groups is 1. The normalized spacial score (nSPS) is 20.3. The van der Waals surface area contributed by atoms with E-state index in [-0.39, 0.29) is 42.2 Å². The van der Waals surface area contributed by atoms with Gasteiger partial charge in [-0.05, 0) is 18.1 Å². The molecule has 2 aliphatic rings. The molecule has 0 aromatic heterocycles. The highest BCUT2D eigenvalue weighted by Gasteiger charge is 2.41. The van der Waals surface area contributed by atoms with Crippen molar-refractivity contribution in [1.82, 2.24) is 10.2 Å². The van der Waals surface area contributed by atoms with Crippen LogP contribution in [0.5, 0.6) is 5.75 Å². The van der Waals surface area contributed by atoms with Crippen LogP contribution in [0.1, 0.15) is 39.1 Å². The number of hydrogen-bond acceptors (Lipinski definition) is 5. The Kier molecular flexibility index (Phi) is 3.51. The van der Waals surface area contributed by atoms with Crippen molar-refractivity contribution in [3.05, 3.63) is 28.8 Å². The van der Waals surface area contributed by atoms with Crippen LogP contribution in [0, 0.1) is 0 Å². The summed E-state index contributed by atoms with van der Waals surface area (Å²) >= 11 is 0. The lowest BCUT2D eigenvalue weighted by molar-refractivity contribution is -0.136. The number of primary amides is 1. The van der Waals surface area contributed by atoms with Crippen molar-refractivity contribution in [2.75, 3.05) is 7.11 Å². The fourth-order valence-electron chi connectivity index (χ4n) is 3.03. The molecule has 0 bridgehead atoms. The number of benzene rings is 1. The molecule has 3 N–H and O–H groups in total. The molecule has 1 aromatic rings. The lowest BCUT2D eigenvalue weighted by Crippen LogP contribution is -2.52. The molecule has 23 heavy (non-hydrogen) atoms. The number of methoxy groups -OCH3 is 1. The van der Waals surface area contributed by atoms with Gasteiger partial charge in [0.15, 0.2) is 0 Å². The second kappa shape index (κ2) is 5.38. The third-order valence-corrected chi connectivity index (χ3v) is 4.12. The van der Waals surface area contributed by atoms with Crippen molar-refractivity contribution in [2.45, 2.75) is 25.4 Å². The Labute approximate surface area is 131 Å². The zero-order valence-electron chi connectivity index (χ0n) is 12.4. The quantitative estimate of drug-likeness (QED) is 0.732. The highest BCUT2D eigenvalue weighted by molar-refractivity contribution is 6.09. The van der Waals surface area contributed by atoms with Crippen LogP contribution in [0.15, 0.2) is 12.1 Å². The maximum absolute atomic E-state index is 12.7.